The predicted molar refractivity (Wildman–Crippen MR) is 88.9 cm³/mol. The van der Waals surface area contributed by atoms with Crippen LogP contribution in [0.4, 0.5) is 4.39 Å². The maximum absolute atomic E-state index is 13.4. The van der Waals surface area contributed by atoms with E-state index >= 15 is 0 Å². The highest BCUT2D eigenvalue weighted by atomic mass is 32.2. The molecule has 0 radical (unpaired) electrons. The SMILES string of the molecule is O=C(CSc1ccccc1F)NNC(=O)c1cc2ccccc2o1. The van der Waals surface area contributed by atoms with Crippen molar-refractivity contribution >= 4 is 34.5 Å². The van der Waals surface area contributed by atoms with Crippen molar-refractivity contribution in [3.63, 3.8) is 0 Å². The zero-order valence-electron chi connectivity index (χ0n) is 12.4. The number of hydrazine groups is 1. The predicted octanol–water partition coefficient (Wildman–Crippen LogP) is 3.13. The number of hydrogen-bond acceptors (Lipinski definition) is 4. The van der Waals surface area contributed by atoms with Crippen molar-refractivity contribution in [1.82, 2.24) is 10.9 Å². The number of halogens is 1. The molecule has 1 aromatic heterocycles. The summed E-state index contributed by atoms with van der Waals surface area (Å²) in [6.07, 6.45) is 0. The minimum Gasteiger partial charge on any atom is -0.451 e. The Morgan fingerprint density at radius 3 is 2.58 bits per heavy atom. The molecule has 24 heavy (non-hydrogen) atoms. The van der Waals surface area contributed by atoms with E-state index in [4.69, 9.17) is 4.42 Å². The van der Waals surface area contributed by atoms with Crippen LogP contribution in [0.1, 0.15) is 10.6 Å². The number of rotatable bonds is 4. The molecule has 0 unspecified atom stereocenters. The van der Waals surface area contributed by atoms with Crippen LogP contribution in [0.15, 0.2) is 63.9 Å². The van der Waals surface area contributed by atoms with Gasteiger partial charge in [0, 0.05) is 10.3 Å². The summed E-state index contributed by atoms with van der Waals surface area (Å²) >= 11 is 1.04. The van der Waals surface area contributed by atoms with E-state index in [9.17, 15) is 14.0 Å². The van der Waals surface area contributed by atoms with Crippen LogP contribution < -0.4 is 10.9 Å². The topological polar surface area (TPSA) is 71.3 Å². The summed E-state index contributed by atoms with van der Waals surface area (Å²) in [6.45, 7) is 0. The first-order chi connectivity index (χ1) is 11.6. The highest BCUT2D eigenvalue weighted by Crippen LogP contribution is 2.21. The normalized spacial score (nSPS) is 10.5. The zero-order chi connectivity index (χ0) is 16.9. The van der Waals surface area contributed by atoms with Crippen LogP contribution in [0.25, 0.3) is 11.0 Å². The molecule has 7 heteroatoms. The van der Waals surface area contributed by atoms with Crippen molar-refractivity contribution in [2.24, 2.45) is 0 Å². The summed E-state index contributed by atoms with van der Waals surface area (Å²) in [7, 11) is 0. The third kappa shape index (κ3) is 3.75. The number of fused-ring (bicyclic) bond motifs is 1. The van der Waals surface area contributed by atoms with Crippen LogP contribution in [0, 0.1) is 5.82 Å². The van der Waals surface area contributed by atoms with Crippen LogP contribution in [0.3, 0.4) is 0 Å². The molecule has 3 aromatic rings. The number of carbonyl (C=O) groups is 2. The van der Waals surface area contributed by atoms with Crippen molar-refractivity contribution in [3.8, 4) is 0 Å². The molecule has 0 atom stereocenters. The molecule has 5 nitrogen and oxygen atoms in total. The lowest BCUT2D eigenvalue weighted by molar-refractivity contribution is -0.119. The molecule has 2 aromatic carbocycles. The van der Waals surface area contributed by atoms with Crippen LogP contribution in [0.5, 0.6) is 0 Å². The molecular formula is C17H13FN2O3S. The van der Waals surface area contributed by atoms with Crippen molar-refractivity contribution in [2.45, 2.75) is 4.90 Å². The maximum Gasteiger partial charge on any atom is 0.305 e. The number of thioether (sulfide) groups is 1. The lowest BCUT2D eigenvalue weighted by Crippen LogP contribution is -2.42. The van der Waals surface area contributed by atoms with Gasteiger partial charge in [-0.05, 0) is 24.3 Å². The molecule has 122 valence electrons. The summed E-state index contributed by atoms with van der Waals surface area (Å²) in [5.41, 5.74) is 5.13. The van der Waals surface area contributed by atoms with Gasteiger partial charge in [-0.1, -0.05) is 30.3 Å². The smallest absolute Gasteiger partial charge is 0.305 e. The molecule has 1 heterocycles. The Bertz CT molecular complexity index is 861. The van der Waals surface area contributed by atoms with Gasteiger partial charge in [-0.2, -0.15) is 0 Å². The Morgan fingerprint density at radius 2 is 1.79 bits per heavy atom. The Morgan fingerprint density at radius 1 is 1.04 bits per heavy atom. The fraction of sp³-hybridized carbons (Fsp3) is 0.0588. The molecular weight excluding hydrogens is 331 g/mol. The second-order valence-corrected chi connectivity index (χ2v) is 5.89. The summed E-state index contributed by atoms with van der Waals surface area (Å²) < 4.78 is 18.8. The quantitative estimate of drug-likeness (QED) is 0.563. The molecule has 2 amide bonds. The Hall–Kier alpha value is -2.80. The summed E-state index contributed by atoms with van der Waals surface area (Å²) in [5.74, 6) is -1.33. The van der Waals surface area contributed by atoms with Crippen molar-refractivity contribution in [3.05, 3.63) is 66.2 Å². The molecule has 3 rings (SSSR count). The second kappa shape index (κ2) is 7.18. The second-order valence-electron chi connectivity index (χ2n) is 4.87. The summed E-state index contributed by atoms with van der Waals surface area (Å²) in [4.78, 5) is 24.1. The Kier molecular flexibility index (Phi) is 4.81. The van der Waals surface area contributed by atoms with Crippen molar-refractivity contribution < 1.29 is 18.4 Å². The summed E-state index contributed by atoms with van der Waals surface area (Å²) in [5, 5.41) is 0.795. The number of furan rings is 1. The van der Waals surface area contributed by atoms with E-state index in [2.05, 4.69) is 10.9 Å². The van der Waals surface area contributed by atoms with Crippen LogP contribution in [0.2, 0.25) is 0 Å². The van der Waals surface area contributed by atoms with E-state index < -0.39 is 11.8 Å². The average Bonchev–Trinajstić information content (AvgIpc) is 3.03. The fourth-order valence-corrected chi connectivity index (χ4v) is 2.76. The van der Waals surface area contributed by atoms with E-state index in [-0.39, 0.29) is 17.3 Å². The van der Waals surface area contributed by atoms with Gasteiger partial charge in [0.25, 0.3) is 0 Å². The van der Waals surface area contributed by atoms with Gasteiger partial charge in [0.15, 0.2) is 5.76 Å². The number of carbonyl (C=O) groups excluding carboxylic acids is 2. The van der Waals surface area contributed by atoms with E-state index in [0.717, 1.165) is 17.1 Å². The largest absolute Gasteiger partial charge is 0.451 e. The molecule has 0 saturated heterocycles. The van der Waals surface area contributed by atoms with Gasteiger partial charge < -0.3 is 4.42 Å². The maximum atomic E-state index is 13.4. The lowest BCUT2D eigenvalue weighted by Gasteiger charge is -2.06. The van der Waals surface area contributed by atoms with Gasteiger partial charge in [-0.3, -0.25) is 20.4 Å². The van der Waals surface area contributed by atoms with Gasteiger partial charge in [0.05, 0.1) is 5.75 Å². The van der Waals surface area contributed by atoms with Gasteiger partial charge in [-0.25, -0.2) is 4.39 Å². The monoisotopic (exact) mass is 344 g/mol. The summed E-state index contributed by atoms with van der Waals surface area (Å²) in [6, 6.07) is 15.0. The highest BCUT2D eigenvalue weighted by molar-refractivity contribution is 8.00. The molecule has 0 bridgehead atoms. The van der Waals surface area contributed by atoms with Crippen LogP contribution in [-0.4, -0.2) is 17.6 Å². The third-order valence-electron chi connectivity index (χ3n) is 3.16. The molecule has 0 spiro atoms. The number of amides is 2. The van der Waals surface area contributed by atoms with Crippen molar-refractivity contribution in [1.29, 1.82) is 0 Å². The van der Waals surface area contributed by atoms with Crippen LogP contribution >= 0.6 is 11.8 Å². The number of benzene rings is 2. The minimum absolute atomic E-state index is 0.0264. The van der Waals surface area contributed by atoms with Gasteiger partial charge in [0.1, 0.15) is 11.4 Å². The first-order valence-electron chi connectivity index (χ1n) is 7.08. The van der Waals surface area contributed by atoms with Gasteiger partial charge in [-0.15, -0.1) is 11.8 Å². The molecule has 2 N–H and O–H groups in total. The van der Waals surface area contributed by atoms with Gasteiger partial charge in [0.2, 0.25) is 5.91 Å². The number of nitrogens with one attached hydrogen (secondary N) is 2. The van der Waals surface area contributed by atoms with E-state index in [1.807, 2.05) is 12.1 Å². The van der Waals surface area contributed by atoms with Gasteiger partial charge >= 0.3 is 5.91 Å². The number of para-hydroxylation sites is 1. The van der Waals surface area contributed by atoms with Crippen LogP contribution in [-0.2, 0) is 4.79 Å². The standard InChI is InChI=1S/C17H13FN2O3S/c18-12-6-2-4-8-15(12)24-10-16(21)19-20-17(22)14-9-11-5-1-3-7-13(11)23-14/h1-9H,10H2,(H,19,21)(H,20,22). The molecule has 0 aliphatic carbocycles. The van der Waals surface area contributed by atoms with E-state index in [0.29, 0.717) is 10.5 Å². The van der Waals surface area contributed by atoms with Crippen molar-refractivity contribution in [2.75, 3.05) is 5.75 Å². The molecule has 0 aliphatic rings. The first kappa shape index (κ1) is 16.1. The van der Waals surface area contributed by atoms with E-state index in [1.54, 1.807) is 36.4 Å². The Labute approximate surface area is 141 Å². The van der Waals surface area contributed by atoms with E-state index in [1.165, 1.54) is 6.07 Å². The molecule has 0 saturated carbocycles. The minimum atomic E-state index is -0.560. The third-order valence-corrected chi connectivity index (χ3v) is 4.21. The molecule has 0 aliphatic heterocycles. The first-order valence-corrected chi connectivity index (χ1v) is 8.07. The fourth-order valence-electron chi connectivity index (χ4n) is 2.02. The number of hydrogen-bond donors (Lipinski definition) is 2. The zero-order valence-corrected chi connectivity index (χ0v) is 13.2. The average molecular weight is 344 g/mol. The Balaban J connectivity index is 1.52. The highest BCUT2D eigenvalue weighted by Gasteiger charge is 2.13. The lowest BCUT2D eigenvalue weighted by atomic mass is 10.2. The molecule has 0 fully saturated rings.